The van der Waals surface area contributed by atoms with Crippen molar-refractivity contribution in [3.63, 3.8) is 0 Å². The SMILES string of the molecule is COc1ccc(/C=C2\CN(S(C)(=O)=O)Cc3c(C(=O)N[C@H](C)c4ccccn4)nn(-c4ccc(Cl)cc4Cl)c32)cc1. The average Bonchev–Trinajstić information content (AvgIpc) is 3.33. The van der Waals surface area contributed by atoms with E-state index in [0.717, 1.165) is 11.8 Å². The van der Waals surface area contributed by atoms with Crippen molar-refractivity contribution in [2.75, 3.05) is 19.9 Å². The molecule has 1 N–H and O–H groups in total. The fraction of sp³-hybridized carbons (Fsp3) is 0.207. The van der Waals surface area contributed by atoms with Crippen LogP contribution in [0.25, 0.3) is 17.3 Å². The number of rotatable bonds is 7. The number of nitrogens with zero attached hydrogens (tertiary/aromatic N) is 4. The van der Waals surface area contributed by atoms with E-state index in [2.05, 4.69) is 10.3 Å². The van der Waals surface area contributed by atoms with E-state index >= 15 is 0 Å². The lowest BCUT2D eigenvalue weighted by Gasteiger charge is -2.28. The molecule has 0 saturated carbocycles. The van der Waals surface area contributed by atoms with Crippen LogP contribution in [0.3, 0.4) is 0 Å². The first-order valence-electron chi connectivity index (χ1n) is 12.6. The molecule has 12 heteroatoms. The van der Waals surface area contributed by atoms with Crippen LogP contribution >= 0.6 is 23.2 Å². The average molecular weight is 613 g/mol. The van der Waals surface area contributed by atoms with Gasteiger partial charge in [0.1, 0.15) is 5.75 Å². The summed E-state index contributed by atoms with van der Waals surface area (Å²) in [5.41, 5.74) is 3.75. The summed E-state index contributed by atoms with van der Waals surface area (Å²) in [7, 11) is -2.05. The van der Waals surface area contributed by atoms with Crippen molar-refractivity contribution in [1.82, 2.24) is 24.4 Å². The number of nitrogens with one attached hydrogen (secondary N) is 1. The minimum absolute atomic E-state index is 0.0416. The van der Waals surface area contributed by atoms with Gasteiger partial charge in [0, 0.05) is 29.9 Å². The van der Waals surface area contributed by atoms with E-state index in [9.17, 15) is 13.2 Å². The van der Waals surface area contributed by atoms with Crippen LogP contribution in [0.1, 0.15) is 46.0 Å². The second kappa shape index (κ2) is 11.7. The molecule has 0 fully saturated rings. The number of fused-ring (bicyclic) bond motifs is 1. The van der Waals surface area contributed by atoms with Crippen molar-refractivity contribution in [3.05, 3.63) is 105 Å². The summed E-state index contributed by atoms with van der Waals surface area (Å²) < 4.78 is 33.8. The maximum atomic E-state index is 13.7. The van der Waals surface area contributed by atoms with Gasteiger partial charge in [0.2, 0.25) is 10.0 Å². The normalized spacial score (nSPS) is 15.4. The van der Waals surface area contributed by atoms with Crippen molar-refractivity contribution >= 4 is 50.8 Å². The fourth-order valence-electron chi connectivity index (χ4n) is 4.66. The molecule has 2 aromatic carbocycles. The van der Waals surface area contributed by atoms with Crippen LogP contribution in [0.5, 0.6) is 5.75 Å². The van der Waals surface area contributed by atoms with Crippen LogP contribution in [0, 0.1) is 0 Å². The van der Waals surface area contributed by atoms with Crippen LogP contribution in [0.2, 0.25) is 10.0 Å². The van der Waals surface area contributed by atoms with E-state index in [1.54, 1.807) is 42.3 Å². The zero-order valence-corrected chi connectivity index (χ0v) is 24.8. The van der Waals surface area contributed by atoms with Crippen molar-refractivity contribution < 1.29 is 17.9 Å². The molecule has 0 unspecified atom stereocenters. The Hall–Kier alpha value is -3.70. The lowest BCUT2D eigenvalue weighted by molar-refractivity contribution is 0.0932. The van der Waals surface area contributed by atoms with E-state index < -0.39 is 22.0 Å². The van der Waals surface area contributed by atoms with Crippen LogP contribution in [0.15, 0.2) is 66.9 Å². The minimum atomic E-state index is -3.63. The molecule has 2 aromatic heterocycles. The van der Waals surface area contributed by atoms with Crippen molar-refractivity contribution in [2.24, 2.45) is 0 Å². The van der Waals surface area contributed by atoms with Gasteiger partial charge < -0.3 is 10.1 Å². The Kier molecular flexibility index (Phi) is 8.19. The highest BCUT2D eigenvalue weighted by atomic mass is 35.5. The topological polar surface area (TPSA) is 106 Å². The van der Waals surface area contributed by atoms with Crippen molar-refractivity contribution in [3.8, 4) is 11.4 Å². The summed E-state index contributed by atoms with van der Waals surface area (Å²) in [4.78, 5) is 18.0. The molecule has 1 aliphatic rings. The molecular formula is C29H27Cl2N5O4S. The third-order valence-electron chi connectivity index (χ3n) is 6.73. The van der Waals surface area contributed by atoms with Gasteiger partial charge >= 0.3 is 0 Å². The van der Waals surface area contributed by atoms with Gasteiger partial charge in [-0.15, -0.1) is 0 Å². The maximum absolute atomic E-state index is 13.7. The first kappa shape index (κ1) is 28.8. The number of pyridine rings is 1. The largest absolute Gasteiger partial charge is 0.497 e. The summed E-state index contributed by atoms with van der Waals surface area (Å²) in [5, 5.41) is 8.43. The van der Waals surface area contributed by atoms with Crippen molar-refractivity contribution in [2.45, 2.75) is 19.5 Å². The number of sulfonamides is 1. The highest BCUT2D eigenvalue weighted by Gasteiger charge is 2.35. The molecule has 1 aliphatic heterocycles. The Balaban J connectivity index is 1.69. The summed E-state index contributed by atoms with van der Waals surface area (Å²) in [6, 6.07) is 17.4. The van der Waals surface area contributed by atoms with Gasteiger partial charge in [-0.05, 0) is 66.6 Å². The van der Waals surface area contributed by atoms with E-state index in [-0.39, 0.29) is 18.8 Å². The lowest BCUT2D eigenvalue weighted by atomic mass is 9.98. The Morgan fingerprint density at radius 3 is 2.49 bits per heavy atom. The van der Waals surface area contributed by atoms with E-state index in [4.69, 9.17) is 33.0 Å². The number of carbonyl (C=O) groups is 1. The van der Waals surface area contributed by atoms with Crippen LogP contribution in [0.4, 0.5) is 0 Å². The Morgan fingerprint density at radius 2 is 1.85 bits per heavy atom. The third kappa shape index (κ3) is 6.15. The standard InChI is InChI=1S/C29H27Cl2N5O4S/c1-18(25-6-4-5-13-32-25)33-29(37)27-23-17-35(41(3,38)39)16-20(14-19-7-10-22(40-2)11-8-19)28(23)36(34-27)26-12-9-21(30)15-24(26)31/h4-15,18H,16-17H2,1-3H3,(H,33,37)/b20-14+/t18-/m1/s1. The molecule has 5 rings (SSSR count). The smallest absolute Gasteiger partial charge is 0.272 e. The molecule has 0 spiro atoms. The molecule has 4 aromatic rings. The number of carbonyl (C=O) groups excluding carboxylic acids is 1. The molecule has 212 valence electrons. The van der Waals surface area contributed by atoms with Gasteiger partial charge in [-0.3, -0.25) is 9.78 Å². The molecular weight excluding hydrogens is 585 g/mol. The number of ether oxygens (including phenoxy) is 1. The lowest BCUT2D eigenvalue weighted by Crippen LogP contribution is -2.36. The summed E-state index contributed by atoms with van der Waals surface area (Å²) >= 11 is 12.8. The van der Waals surface area contributed by atoms with Gasteiger partial charge in [-0.25, -0.2) is 13.1 Å². The van der Waals surface area contributed by atoms with Crippen LogP contribution < -0.4 is 10.1 Å². The molecule has 0 aliphatic carbocycles. The zero-order valence-electron chi connectivity index (χ0n) is 22.5. The minimum Gasteiger partial charge on any atom is -0.497 e. The maximum Gasteiger partial charge on any atom is 0.272 e. The van der Waals surface area contributed by atoms with E-state index in [0.29, 0.717) is 44.0 Å². The van der Waals surface area contributed by atoms with Gasteiger partial charge in [0.25, 0.3) is 5.91 Å². The van der Waals surface area contributed by atoms with Gasteiger partial charge in [0.05, 0.1) is 41.5 Å². The monoisotopic (exact) mass is 611 g/mol. The Bertz CT molecular complexity index is 1740. The first-order valence-corrected chi connectivity index (χ1v) is 15.2. The number of halogens is 2. The number of aromatic nitrogens is 3. The molecule has 0 saturated heterocycles. The van der Waals surface area contributed by atoms with Gasteiger partial charge in [-0.2, -0.15) is 9.40 Å². The molecule has 0 radical (unpaired) electrons. The van der Waals surface area contributed by atoms with Crippen LogP contribution in [-0.2, 0) is 16.6 Å². The first-order chi connectivity index (χ1) is 19.5. The summed E-state index contributed by atoms with van der Waals surface area (Å²) in [6.07, 6.45) is 4.67. The molecule has 1 amide bonds. The van der Waals surface area contributed by atoms with E-state index in [1.807, 2.05) is 49.4 Å². The Labute approximate surface area is 248 Å². The molecule has 9 nitrogen and oxygen atoms in total. The third-order valence-corrected chi connectivity index (χ3v) is 8.46. The second-order valence-electron chi connectivity index (χ2n) is 9.61. The molecule has 3 heterocycles. The number of hydrogen-bond acceptors (Lipinski definition) is 6. The number of amides is 1. The molecule has 41 heavy (non-hydrogen) atoms. The van der Waals surface area contributed by atoms with Gasteiger partial charge in [-0.1, -0.05) is 41.4 Å². The quantitative estimate of drug-likeness (QED) is 0.300. The summed E-state index contributed by atoms with van der Waals surface area (Å²) in [6.45, 7) is 1.85. The number of hydrogen-bond donors (Lipinski definition) is 1. The highest BCUT2D eigenvalue weighted by molar-refractivity contribution is 7.88. The van der Waals surface area contributed by atoms with Crippen LogP contribution in [-0.4, -0.2) is 53.3 Å². The predicted molar refractivity (Wildman–Crippen MR) is 160 cm³/mol. The predicted octanol–water partition coefficient (Wildman–Crippen LogP) is 5.39. The van der Waals surface area contributed by atoms with Crippen molar-refractivity contribution in [1.29, 1.82) is 0 Å². The molecule has 1 atom stereocenters. The number of methoxy groups -OCH3 is 1. The summed E-state index contributed by atoms with van der Waals surface area (Å²) in [5.74, 6) is 0.218. The number of benzene rings is 2. The highest BCUT2D eigenvalue weighted by Crippen LogP contribution is 2.36. The zero-order chi connectivity index (χ0) is 29.3. The fourth-order valence-corrected chi connectivity index (χ4v) is 5.88. The van der Waals surface area contributed by atoms with Gasteiger partial charge in [0.15, 0.2) is 5.69 Å². The van der Waals surface area contributed by atoms with E-state index in [1.165, 1.54) is 4.31 Å². The second-order valence-corrected chi connectivity index (χ2v) is 12.4. The molecule has 0 bridgehead atoms. The Morgan fingerprint density at radius 1 is 1.10 bits per heavy atom.